The number of nitrogens with one attached hydrogen (secondary N) is 2. The number of rotatable bonds is 3. The van der Waals surface area contributed by atoms with E-state index in [9.17, 15) is 9.90 Å². The molecule has 1 atom stereocenters. The normalized spacial score (nSPS) is 32.4. The van der Waals surface area contributed by atoms with Crippen LogP contribution in [0.3, 0.4) is 0 Å². The Morgan fingerprint density at radius 1 is 1.24 bits per heavy atom. The van der Waals surface area contributed by atoms with Crippen LogP contribution < -0.4 is 10.6 Å². The Bertz CT molecular complexity index is 279. The number of piperidine rings is 1. The van der Waals surface area contributed by atoms with E-state index in [1.165, 1.54) is 0 Å². The van der Waals surface area contributed by atoms with Gasteiger partial charge in [0.1, 0.15) is 0 Å². The molecule has 2 aliphatic rings. The second-order valence-corrected chi connectivity index (χ2v) is 5.83. The van der Waals surface area contributed by atoms with Crippen LogP contribution in [-0.4, -0.2) is 35.2 Å². The first kappa shape index (κ1) is 12.8. The van der Waals surface area contributed by atoms with Crippen LogP contribution in [0.5, 0.6) is 0 Å². The summed E-state index contributed by atoms with van der Waals surface area (Å²) in [7, 11) is 0. The van der Waals surface area contributed by atoms with Gasteiger partial charge in [-0.05, 0) is 45.6 Å². The highest BCUT2D eigenvalue weighted by atomic mass is 16.3. The lowest BCUT2D eigenvalue weighted by atomic mass is 9.89. The first-order chi connectivity index (χ1) is 8.04. The maximum absolute atomic E-state index is 12.1. The Labute approximate surface area is 103 Å². The van der Waals surface area contributed by atoms with Crippen molar-refractivity contribution in [1.29, 1.82) is 0 Å². The molecule has 0 radical (unpaired) electrons. The summed E-state index contributed by atoms with van der Waals surface area (Å²) in [4.78, 5) is 12.1. The van der Waals surface area contributed by atoms with E-state index >= 15 is 0 Å². The van der Waals surface area contributed by atoms with Gasteiger partial charge in [-0.2, -0.15) is 0 Å². The van der Waals surface area contributed by atoms with Gasteiger partial charge < -0.3 is 15.7 Å². The predicted molar refractivity (Wildman–Crippen MR) is 66.7 cm³/mol. The van der Waals surface area contributed by atoms with Crippen molar-refractivity contribution in [1.82, 2.24) is 10.6 Å². The second-order valence-electron chi connectivity index (χ2n) is 5.83. The highest BCUT2D eigenvalue weighted by molar-refractivity contribution is 5.86. The standard InChI is InChI=1S/C13H24N2O2/c1-12(6-4-5-9-15-12)11(16)14-10-13(17)7-2-3-8-13/h15,17H,2-10H2,1H3,(H,14,16). The van der Waals surface area contributed by atoms with Gasteiger partial charge in [-0.3, -0.25) is 4.79 Å². The van der Waals surface area contributed by atoms with Gasteiger partial charge in [0, 0.05) is 6.54 Å². The smallest absolute Gasteiger partial charge is 0.240 e. The molecular weight excluding hydrogens is 216 g/mol. The van der Waals surface area contributed by atoms with E-state index in [4.69, 9.17) is 0 Å². The minimum atomic E-state index is -0.652. The Hall–Kier alpha value is -0.610. The number of hydrogen-bond acceptors (Lipinski definition) is 3. The van der Waals surface area contributed by atoms with E-state index in [2.05, 4.69) is 10.6 Å². The number of carbonyl (C=O) groups excluding carboxylic acids is 1. The van der Waals surface area contributed by atoms with E-state index < -0.39 is 11.1 Å². The molecule has 1 amide bonds. The molecule has 4 nitrogen and oxygen atoms in total. The minimum Gasteiger partial charge on any atom is -0.388 e. The predicted octanol–water partition coefficient (Wildman–Crippen LogP) is 0.940. The lowest BCUT2D eigenvalue weighted by Gasteiger charge is -2.34. The molecule has 17 heavy (non-hydrogen) atoms. The van der Waals surface area contributed by atoms with Crippen molar-refractivity contribution in [3.8, 4) is 0 Å². The molecule has 0 bridgehead atoms. The van der Waals surface area contributed by atoms with Crippen LogP contribution in [0, 0.1) is 0 Å². The molecule has 1 saturated heterocycles. The molecule has 0 spiro atoms. The first-order valence-electron chi connectivity index (χ1n) is 6.80. The summed E-state index contributed by atoms with van der Waals surface area (Å²) in [6.07, 6.45) is 6.91. The van der Waals surface area contributed by atoms with Gasteiger partial charge in [0.2, 0.25) is 5.91 Å². The Balaban J connectivity index is 1.84. The molecule has 1 heterocycles. The number of hydrogen-bond donors (Lipinski definition) is 3. The van der Waals surface area contributed by atoms with E-state index in [0.717, 1.165) is 51.5 Å². The number of aliphatic hydroxyl groups is 1. The van der Waals surface area contributed by atoms with Gasteiger partial charge in [0.05, 0.1) is 11.1 Å². The van der Waals surface area contributed by atoms with Crippen molar-refractivity contribution in [3.63, 3.8) is 0 Å². The lowest BCUT2D eigenvalue weighted by molar-refractivity contribution is -0.129. The SMILES string of the molecule is CC1(C(=O)NCC2(O)CCCC2)CCCCN1. The fourth-order valence-corrected chi connectivity index (χ4v) is 2.90. The zero-order valence-electron chi connectivity index (χ0n) is 10.7. The van der Waals surface area contributed by atoms with Crippen molar-refractivity contribution in [2.24, 2.45) is 0 Å². The minimum absolute atomic E-state index is 0.0394. The second kappa shape index (κ2) is 4.94. The van der Waals surface area contributed by atoms with Gasteiger partial charge in [-0.15, -0.1) is 0 Å². The molecule has 4 heteroatoms. The molecule has 2 rings (SSSR count). The molecule has 1 saturated carbocycles. The summed E-state index contributed by atoms with van der Waals surface area (Å²) in [5.41, 5.74) is -1.09. The van der Waals surface area contributed by atoms with E-state index in [1.54, 1.807) is 0 Å². The van der Waals surface area contributed by atoms with Crippen molar-refractivity contribution in [3.05, 3.63) is 0 Å². The summed E-state index contributed by atoms with van der Waals surface area (Å²) in [5.74, 6) is 0.0394. The topological polar surface area (TPSA) is 61.4 Å². The Morgan fingerprint density at radius 3 is 2.47 bits per heavy atom. The lowest BCUT2D eigenvalue weighted by Crippen LogP contribution is -2.58. The highest BCUT2D eigenvalue weighted by Crippen LogP contribution is 2.29. The zero-order chi connectivity index (χ0) is 12.4. The van der Waals surface area contributed by atoms with E-state index in [0.29, 0.717) is 6.54 Å². The van der Waals surface area contributed by atoms with E-state index in [1.807, 2.05) is 6.92 Å². The molecule has 0 aromatic rings. The third-order valence-corrected chi connectivity index (χ3v) is 4.23. The molecule has 1 aliphatic carbocycles. The van der Waals surface area contributed by atoms with Gasteiger partial charge in [0.25, 0.3) is 0 Å². The zero-order valence-corrected chi connectivity index (χ0v) is 10.7. The summed E-state index contributed by atoms with van der Waals surface area (Å²) in [5, 5.41) is 16.4. The van der Waals surface area contributed by atoms with Crippen molar-refractivity contribution < 1.29 is 9.90 Å². The van der Waals surface area contributed by atoms with Crippen LogP contribution in [0.4, 0.5) is 0 Å². The number of amides is 1. The third-order valence-electron chi connectivity index (χ3n) is 4.23. The average molecular weight is 240 g/mol. The van der Waals surface area contributed by atoms with Gasteiger partial charge in [-0.25, -0.2) is 0 Å². The fraction of sp³-hybridized carbons (Fsp3) is 0.923. The maximum atomic E-state index is 12.1. The summed E-state index contributed by atoms with van der Waals surface area (Å²) in [6, 6.07) is 0. The van der Waals surface area contributed by atoms with Crippen molar-refractivity contribution in [2.75, 3.05) is 13.1 Å². The summed E-state index contributed by atoms with van der Waals surface area (Å²) in [6.45, 7) is 3.28. The van der Waals surface area contributed by atoms with Crippen LogP contribution in [-0.2, 0) is 4.79 Å². The van der Waals surface area contributed by atoms with Crippen LogP contribution in [0.25, 0.3) is 0 Å². The molecule has 3 N–H and O–H groups in total. The van der Waals surface area contributed by atoms with Gasteiger partial charge in [0.15, 0.2) is 0 Å². The summed E-state index contributed by atoms with van der Waals surface area (Å²) >= 11 is 0. The maximum Gasteiger partial charge on any atom is 0.240 e. The quantitative estimate of drug-likeness (QED) is 0.688. The first-order valence-corrected chi connectivity index (χ1v) is 6.80. The average Bonchev–Trinajstić information content (AvgIpc) is 2.75. The van der Waals surface area contributed by atoms with Gasteiger partial charge in [-0.1, -0.05) is 12.8 Å². The molecular formula is C13H24N2O2. The molecule has 2 fully saturated rings. The fourth-order valence-electron chi connectivity index (χ4n) is 2.90. The van der Waals surface area contributed by atoms with Crippen molar-refractivity contribution >= 4 is 5.91 Å². The molecule has 1 aliphatic heterocycles. The molecule has 0 aromatic heterocycles. The molecule has 1 unspecified atom stereocenters. The van der Waals surface area contributed by atoms with E-state index in [-0.39, 0.29) is 5.91 Å². The van der Waals surface area contributed by atoms with Crippen LogP contribution in [0.15, 0.2) is 0 Å². The summed E-state index contributed by atoms with van der Waals surface area (Å²) < 4.78 is 0. The monoisotopic (exact) mass is 240 g/mol. The highest BCUT2D eigenvalue weighted by Gasteiger charge is 2.37. The molecule has 98 valence electrons. The van der Waals surface area contributed by atoms with Gasteiger partial charge >= 0.3 is 0 Å². The van der Waals surface area contributed by atoms with Crippen LogP contribution >= 0.6 is 0 Å². The Kier molecular flexibility index (Phi) is 3.73. The molecule has 0 aromatic carbocycles. The van der Waals surface area contributed by atoms with Crippen molar-refractivity contribution in [2.45, 2.75) is 63.0 Å². The number of carbonyl (C=O) groups is 1. The van der Waals surface area contributed by atoms with Crippen LogP contribution in [0.1, 0.15) is 51.9 Å². The van der Waals surface area contributed by atoms with Crippen LogP contribution in [0.2, 0.25) is 0 Å². The Morgan fingerprint density at radius 2 is 1.88 bits per heavy atom. The third kappa shape index (κ3) is 2.99. The largest absolute Gasteiger partial charge is 0.388 e.